The third kappa shape index (κ3) is 6.82. The van der Waals surface area contributed by atoms with Crippen molar-refractivity contribution in [2.24, 2.45) is 11.8 Å². The molecular formula is C30H48N6OS. The summed E-state index contributed by atoms with van der Waals surface area (Å²) in [4.78, 5) is 14.7. The minimum atomic E-state index is -0.296. The molecule has 0 aromatic carbocycles. The van der Waals surface area contributed by atoms with E-state index in [0.29, 0.717) is 24.0 Å². The van der Waals surface area contributed by atoms with Crippen molar-refractivity contribution in [1.82, 2.24) is 25.2 Å². The lowest BCUT2D eigenvalue weighted by Gasteiger charge is -2.43. The fourth-order valence-electron chi connectivity index (χ4n) is 6.07. The van der Waals surface area contributed by atoms with Crippen LogP contribution in [0.15, 0.2) is 46.6 Å². The second-order valence-corrected chi connectivity index (χ2v) is 13.1. The van der Waals surface area contributed by atoms with Gasteiger partial charge in [-0.05, 0) is 83.7 Å². The number of nitrogens with zero attached hydrogens (tertiary/aromatic N) is 2. The molecule has 5 rings (SSSR count). The van der Waals surface area contributed by atoms with Gasteiger partial charge in [-0.3, -0.25) is 4.79 Å². The van der Waals surface area contributed by atoms with Gasteiger partial charge in [0.15, 0.2) is 0 Å². The van der Waals surface area contributed by atoms with Crippen molar-refractivity contribution in [3.8, 4) is 0 Å². The first-order chi connectivity index (χ1) is 18.2. The van der Waals surface area contributed by atoms with Crippen molar-refractivity contribution in [3.05, 3.63) is 46.6 Å². The van der Waals surface area contributed by atoms with E-state index in [0.717, 1.165) is 31.5 Å². The maximum absolute atomic E-state index is 10.8. The molecule has 0 radical (unpaired) electrons. The van der Waals surface area contributed by atoms with E-state index in [-0.39, 0.29) is 17.5 Å². The van der Waals surface area contributed by atoms with E-state index in [9.17, 15) is 4.79 Å². The smallest absolute Gasteiger partial charge is 0.207 e. The number of allylic oxidation sites excluding steroid dienone is 1. The highest BCUT2D eigenvalue weighted by Crippen LogP contribution is 2.39. The van der Waals surface area contributed by atoms with Crippen LogP contribution in [0, 0.1) is 17.2 Å². The number of hydrogen-bond donors (Lipinski definition) is 4. The molecule has 1 amide bonds. The Morgan fingerprint density at radius 3 is 2.53 bits per heavy atom. The zero-order chi connectivity index (χ0) is 27.3. The standard InChI is InChI=1S/C17H26N2S.C13H22N4O/c1-13(2)19-12-14(3)16-11-15(7-8-17(16)19)20-18-9-5-4-6-10-18;1-9-3-10(5-14)12(17-11-6-15-7-11)4-13(9,2)16-8-18/h7-8,11-13,16-17H,4-6,9-10H2,1-3H3;3,5,8,10-12,14-15,17H,4,6-7H2,1-2H3,(H,16,18)/t;10?,12?,13-/m.0/s1. The van der Waals surface area contributed by atoms with Gasteiger partial charge in [0.05, 0.1) is 11.6 Å². The monoisotopic (exact) mass is 540 g/mol. The predicted molar refractivity (Wildman–Crippen MR) is 160 cm³/mol. The fraction of sp³-hybridized carbons (Fsp3) is 0.667. The van der Waals surface area contributed by atoms with Crippen LogP contribution in [0.1, 0.15) is 60.3 Å². The van der Waals surface area contributed by atoms with E-state index >= 15 is 0 Å². The second kappa shape index (κ2) is 13.0. The number of rotatable bonds is 8. The minimum Gasteiger partial charge on any atom is -0.368 e. The Hall–Kier alpha value is -1.87. The summed E-state index contributed by atoms with van der Waals surface area (Å²) in [5, 5.41) is 17.3. The minimum absolute atomic E-state index is 0.118. The van der Waals surface area contributed by atoms with Crippen LogP contribution in [0.5, 0.6) is 0 Å². The molecule has 5 aliphatic rings. The Kier molecular flexibility index (Phi) is 9.95. The molecule has 2 fully saturated rings. The van der Waals surface area contributed by atoms with Crippen LogP contribution < -0.4 is 16.0 Å². The van der Waals surface area contributed by atoms with Crippen LogP contribution in [-0.2, 0) is 4.79 Å². The van der Waals surface area contributed by atoms with Gasteiger partial charge in [0.2, 0.25) is 6.41 Å². The summed E-state index contributed by atoms with van der Waals surface area (Å²) in [5.74, 6) is 0.696. The first kappa shape index (κ1) is 29.1. The summed E-state index contributed by atoms with van der Waals surface area (Å²) in [5.41, 5.74) is 2.34. The van der Waals surface area contributed by atoms with Crippen LogP contribution >= 0.6 is 11.9 Å². The maximum Gasteiger partial charge on any atom is 0.207 e. The van der Waals surface area contributed by atoms with Crippen LogP contribution in [-0.4, -0.2) is 77.7 Å². The maximum atomic E-state index is 10.8. The first-order valence-corrected chi connectivity index (χ1v) is 15.2. The Labute approximate surface area is 234 Å². The van der Waals surface area contributed by atoms with Crippen LogP contribution in [0.2, 0.25) is 0 Å². The van der Waals surface area contributed by atoms with Crippen molar-refractivity contribution in [2.75, 3.05) is 26.2 Å². The molecule has 3 aliphatic heterocycles. The first-order valence-electron chi connectivity index (χ1n) is 14.4. The lowest BCUT2D eigenvalue weighted by Crippen LogP contribution is -2.62. The third-order valence-electron chi connectivity index (χ3n) is 8.74. The van der Waals surface area contributed by atoms with E-state index in [2.05, 4.69) is 76.4 Å². The molecule has 4 N–H and O–H groups in total. The summed E-state index contributed by atoms with van der Waals surface area (Å²) in [7, 11) is 0. The van der Waals surface area contributed by atoms with Gasteiger partial charge in [-0.1, -0.05) is 30.2 Å². The highest BCUT2D eigenvalue weighted by molar-refractivity contribution is 8.01. The van der Waals surface area contributed by atoms with Crippen molar-refractivity contribution >= 4 is 24.6 Å². The van der Waals surface area contributed by atoms with Gasteiger partial charge in [-0.25, -0.2) is 4.31 Å². The number of piperidine rings is 1. The van der Waals surface area contributed by atoms with E-state index in [1.165, 1.54) is 49.0 Å². The van der Waals surface area contributed by atoms with Crippen molar-refractivity contribution < 1.29 is 4.79 Å². The zero-order valence-electron chi connectivity index (χ0n) is 23.9. The normalized spacial score (nSPS) is 33.3. The van der Waals surface area contributed by atoms with Crippen molar-refractivity contribution in [3.63, 3.8) is 0 Å². The molecule has 0 aromatic heterocycles. The van der Waals surface area contributed by atoms with Crippen LogP contribution in [0.4, 0.5) is 0 Å². The second-order valence-electron chi connectivity index (χ2n) is 12.0. The van der Waals surface area contributed by atoms with E-state index in [1.54, 1.807) is 0 Å². The number of fused-ring (bicyclic) bond motifs is 1. The number of carbonyl (C=O) groups excluding carboxylic acids is 1. The number of carbonyl (C=O) groups is 1. The van der Waals surface area contributed by atoms with Gasteiger partial charge in [-0.15, -0.1) is 0 Å². The Morgan fingerprint density at radius 1 is 1.18 bits per heavy atom. The Morgan fingerprint density at radius 2 is 1.92 bits per heavy atom. The number of hydrogen-bond acceptors (Lipinski definition) is 7. The lowest BCUT2D eigenvalue weighted by atomic mass is 9.75. The molecule has 0 saturated carbocycles. The Bertz CT molecular complexity index is 964. The van der Waals surface area contributed by atoms with Gasteiger partial charge in [0, 0.05) is 67.3 Å². The summed E-state index contributed by atoms with van der Waals surface area (Å²) >= 11 is 1.96. The SMILES string of the molecule is CC1=CC(C=N)C(NC2CNC2)C[C@]1(C)NC=O.CC1=CN(C(C)C)C2C=CC(SN3CCCCC3)=CC12. The van der Waals surface area contributed by atoms with Gasteiger partial charge < -0.3 is 26.3 Å². The van der Waals surface area contributed by atoms with Gasteiger partial charge in [0.1, 0.15) is 0 Å². The summed E-state index contributed by atoms with van der Waals surface area (Å²) in [6.45, 7) is 15.4. The number of nitrogens with one attached hydrogen (secondary N) is 4. The molecule has 0 bridgehead atoms. The molecule has 5 atom stereocenters. The predicted octanol–water partition coefficient (Wildman–Crippen LogP) is 4.22. The van der Waals surface area contributed by atoms with E-state index in [1.807, 2.05) is 25.8 Å². The quantitative estimate of drug-likeness (QED) is 0.160. The van der Waals surface area contributed by atoms with Gasteiger partial charge >= 0.3 is 0 Å². The Balaban J connectivity index is 0.000000178. The largest absolute Gasteiger partial charge is 0.368 e. The van der Waals surface area contributed by atoms with Gasteiger partial charge in [0.25, 0.3) is 0 Å². The molecule has 0 spiro atoms. The third-order valence-corrected chi connectivity index (χ3v) is 9.85. The highest BCUT2D eigenvalue weighted by Gasteiger charge is 2.38. The highest BCUT2D eigenvalue weighted by atomic mass is 32.2. The van der Waals surface area contributed by atoms with Crippen LogP contribution in [0.25, 0.3) is 0 Å². The van der Waals surface area contributed by atoms with Crippen molar-refractivity contribution in [2.45, 2.75) is 90.0 Å². The molecule has 0 aromatic rings. The average molecular weight is 541 g/mol. The van der Waals surface area contributed by atoms with Crippen LogP contribution in [0.3, 0.4) is 0 Å². The lowest BCUT2D eigenvalue weighted by molar-refractivity contribution is -0.110. The average Bonchev–Trinajstić information content (AvgIpc) is 3.21. The molecule has 8 heteroatoms. The summed E-state index contributed by atoms with van der Waals surface area (Å²) in [6, 6.07) is 1.83. The summed E-state index contributed by atoms with van der Waals surface area (Å²) < 4.78 is 2.54. The molecule has 7 nitrogen and oxygen atoms in total. The summed E-state index contributed by atoms with van der Waals surface area (Å²) in [6.07, 6.45) is 18.9. The van der Waals surface area contributed by atoms with Gasteiger partial charge in [-0.2, -0.15) is 0 Å². The topological polar surface area (TPSA) is 83.5 Å². The number of amides is 1. The molecule has 38 heavy (non-hydrogen) atoms. The molecular weight excluding hydrogens is 492 g/mol. The molecule has 210 valence electrons. The fourth-order valence-corrected chi connectivity index (χ4v) is 7.15. The van der Waals surface area contributed by atoms with E-state index < -0.39 is 0 Å². The molecule has 2 saturated heterocycles. The van der Waals surface area contributed by atoms with E-state index in [4.69, 9.17) is 5.41 Å². The zero-order valence-corrected chi connectivity index (χ0v) is 24.7. The molecule has 3 heterocycles. The molecule has 2 aliphatic carbocycles. The molecule has 4 unspecified atom stereocenters. The van der Waals surface area contributed by atoms with Crippen molar-refractivity contribution in [1.29, 1.82) is 5.41 Å².